The zero-order valence-corrected chi connectivity index (χ0v) is 12.8. The molecule has 1 aromatic carbocycles. The van der Waals surface area contributed by atoms with Crippen LogP contribution in [0.2, 0.25) is 0 Å². The molecule has 120 valence electrons. The highest BCUT2D eigenvalue weighted by molar-refractivity contribution is 5.99. The van der Waals surface area contributed by atoms with Crippen LogP contribution in [0.15, 0.2) is 30.5 Å². The van der Waals surface area contributed by atoms with Crippen LogP contribution < -0.4 is 16.0 Å². The number of aromatic nitrogens is 2. The maximum absolute atomic E-state index is 12.0. The standard InChI is InChI=1S/C16H19N5O2/c1-10(22)17-6-7-18-16-19-9-11-8-14(23)20-13-5-3-2-4-12(13)15(11)21-16/h2-5,9-10,17,22H,6-8H2,1H3,(H,20,23)(H,18,19,21). The van der Waals surface area contributed by atoms with E-state index in [1.807, 2.05) is 24.3 Å². The van der Waals surface area contributed by atoms with Crippen molar-refractivity contribution >= 4 is 17.5 Å². The Hall–Kier alpha value is -2.51. The third-order valence-corrected chi connectivity index (χ3v) is 3.52. The maximum atomic E-state index is 12.0. The molecule has 7 heteroatoms. The Labute approximate surface area is 134 Å². The van der Waals surface area contributed by atoms with Crippen LogP contribution in [-0.4, -0.2) is 40.3 Å². The first kappa shape index (κ1) is 15.4. The van der Waals surface area contributed by atoms with Crippen molar-refractivity contribution in [3.63, 3.8) is 0 Å². The predicted molar refractivity (Wildman–Crippen MR) is 88.0 cm³/mol. The van der Waals surface area contributed by atoms with E-state index in [4.69, 9.17) is 5.11 Å². The molecule has 2 aromatic rings. The zero-order chi connectivity index (χ0) is 16.2. The van der Waals surface area contributed by atoms with E-state index >= 15 is 0 Å². The van der Waals surface area contributed by atoms with Gasteiger partial charge in [-0.15, -0.1) is 0 Å². The van der Waals surface area contributed by atoms with Gasteiger partial charge in [-0.2, -0.15) is 0 Å². The second-order valence-corrected chi connectivity index (χ2v) is 5.39. The number of fused-ring (bicyclic) bond motifs is 3. The predicted octanol–water partition coefficient (Wildman–Crippen LogP) is 0.978. The zero-order valence-electron chi connectivity index (χ0n) is 12.8. The first-order valence-electron chi connectivity index (χ1n) is 7.54. The van der Waals surface area contributed by atoms with E-state index in [1.54, 1.807) is 13.1 Å². The topological polar surface area (TPSA) is 99.2 Å². The SMILES string of the molecule is CC(O)NCCNc1ncc2c(n1)-c1ccccc1NC(=O)C2. The van der Waals surface area contributed by atoms with Crippen molar-refractivity contribution in [3.05, 3.63) is 36.0 Å². The van der Waals surface area contributed by atoms with Gasteiger partial charge in [-0.25, -0.2) is 9.97 Å². The van der Waals surface area contributed by atoms with Gasteiger partial charge in [0, 0.05) is 30.4 Å². The van der Waals surface area contributed by atoms with Crippen molar-refractivity contribution in [3.8, 4) is 11.3 Å². The summed E-state index contributed by atoms with van der Waals surface area (Å²) in [4.78, 5) is 20.8. The van der Waals surface area contributed by atoms with E-state index in [-0.39, 0.29) is 12.3 Å². The van der Waals surface area contributed by atoms with Crippen molar-refractivity contribution in [2.45, 2.75) is 19.6 Å². The Bertz CT molecular complexity index is 717. The lowest BCUT2D eigenvalue weighted by Gasteiger charge is -2.11. The lowest BCUT2D eigenvalue weighted by Crippen LogP contribution is -2.30. The van der Waals surface area contributed by atoms with Crippen LogP contribution in [0.5, 0.6) is 0 Å². The number of aliphatic hydroxyl groups is 1. The number of anilines is 2. The molecule has 1 aliphatic rings. The molecule has 0 bridgehead atoms. The molecule has 0 spiro atoms. The van der Waals surface area contributed by atoms with Crippen LogP contribution in [0.25, 0.3) is 11.3 Å². The average molecular weight is 313 g/mol. The van der Waals surface area contributed by atoms with Crippen LogP contribution in [0, 0.1) is 0 Å². The number of amides is 1. The monoisotopic (exact) mass is 313 g/mol. The summed E-state index contributed by atoms with van der Waals surface area (Å²) in [6, 6.07) is 7.60. The minimum Gasteiger partial charge on any atom is -0.379 e. The van der Waals surface area contributed by atoms with Crippen LogP contribution in [-0.2, 0) is 11.2 Å². The molecule has 1 aliphatic heterocycles. The van der Waals surface area contributed by atoms with E-state index in [1.165, 1.54) is 0 Å². The molecule has 4 N–H and O–H groups in total. The van der Waals surface area contributed by atoms with Crippen LogP contribution in [0.3, 0.4) is 0 Å². The number of rotatable bonds is 5. The second-order valence-electron chi connectivity index (χ2n) is 5.39. The molecular weight excluding hydrogens is 294 g/mol. The van der Waals surface area contributed by atoms with Gasteiger partial charge in [0.25, 0.3) is 0 Å². The molecule has 7 nitrogen and oxygen atoms in total. The third kappa shape index (κ3) is 3.64. The number of hydrogen-bond donors (Lipinski definition) is 4. The molecule has 1 aromatic heterocycles. The number of hydrogen-bond acceptors (Lipinski definition) is 6. The number of nitrogens with one attached hydrogen (secondary N) is 3. The summed E-state index contributed by atoms with van der Waals surface area (Å²) in [5.41, 5.74) is 3.22. The summed E-state index contributed by atoms with van der Waals surface area (Å²) in [5.74, 6) is 0.432. The van der Waals surface area contributed by atoms with Gasteiger partial charge in [0.2, 0.25) is 11.9 Å². The minimum absolute atomic E-state index is 0.0679. The van der Waals surface area contributed by atoms with E-state index in [0.29, 0.717) is 19.0 Å². The summed E-state index contributed by atoms with van der Waals surface area (Å²) < 4.78 is 0. The number of para-hydroxylation sites is 1. The fourth-order valence-electron chi connectivity index (χ4n) is 2.48. The van der Waals surface area contributed by atoms with Crippen LogP contribution >= 0.6 is 0 Å². The first-order valence-corrected chi connectivity index (χ1v) is 7.54. The number of carbonyl (C=O) groups excluding carboxylic acids is 1. The summed E-state index contributed by atoms with van der Waals surface area (Å²) in [6.45, 7) is 2.84. The average Bonchev–Trinajstić information content (AvgIpc) is 2.66. The molecule has 0 fully saturated rings. The normalized spacial score (nSPS) is 14.3. The highest BCUT2D eigenvalue weighted by Crippen LogP contribution is 2.32. The molecule has 3 rings (SSSR count). The summed E-state index contributed by atoms with van der Waals surface area (Å²) in [5, 5.41) is 18.1. The number of benzene rings is 1. The van der Waals surface area contributed by atoms with Crippen molar-refractivity contribution in [1.29, 1.82) is 0 Å². The van der Waals surface area contributed by atoms with Crippen molar-refractivity contribution in [2.75, 3.05) is 23.7 Å². The first-order chi connectivity index (χ1) is 11.1. The Kier molecular flexibility index (Phi) is 4.50. The summed E-state index contributed by atoms with van der Waals surface area (Å²) >= 11 is 0. The van der Waals surface area contributed by atoms with Gasteiger partial charge in [0.05, 0.1) is 17.8 Å². The van der Waals surface area contributed by atoms with Gasteiger partial charge in [0.1, 0.15) is 6.23 Å². The van der Waals surface area contributed by atoms with Crippen molar-refractivity contribution in [1.82, 2.24) is 15.3 Å². The third-order valence-electron chi connectivity index (χ3n) is 3.52. The van der Waals surface area contributed by atoms with E-state index < -0.39 is 6.23 Å². The summed E-state index contributed by atoms with van der Waals surface area (Å²) in [6.07, 6.45) is 1.40. The quantitative estimate of drug-likeness (QED) is 0.485. The highest BCUT2D eigenvalue weighted by atomic mass is 16.3. The van der Waals surface area contributed by atoms with E-state index in [2.05, 4.69) is 25.9 Å². The molecule has 1 unspecified atom stereocenters. The van der Waals surface area contributed by atoms with Gasteiger partial charge in [-0.05, 0) is 13.0 Å². The molecule has 1 amide bonds. The largest absolute Gasteiger partial charge is 0.379 e. The number of carbonyl (C=O) groups is 1. The summed E-state index contributed by atoms with van der Waals surface area (Å²) in [7, 11) is 0. The Morgan fingerprint density at radius 1 is 1.35 bits per heavy atom. The highest BCUT2D eigenvalue weighted by Gasteiger charge is 2.20. The van der Waals surface area contributed by atoms with Crippen molar-refractivity contribution in [2.24, 2.45) is 0 Å². The van der Waals surface area contributed by atoms with E-state index in [9.17, 15) is 4.79 Å². The molecule has 2 heterocycles. The molecule has 0 saturated carbocycles. The lowest BCUT2D eigenvalue weighted by atomic mass is 10.1. The fourth-order valence-corrected chi connectivity index (χ4v) is 2.48. The molecule has 0 aliphatic carbocycles. The lowest BCUT2D eigenvalue weighted by molar-refractivity contribution is -0.115. The van der Waals surface area contributed by atoms with E-state index in [0.717, 1.165) is 22.5 Å². The van der Waals surface area contributed by atoms with Gasteiger partial charge in [-0.1, -0.05) is 18.2 Å². The van der Waals surface area contributed by atoms with Gasteiger partial charge in [-0.3, -0.25) is 10.1 Å². The second kappa shape index (κ2) is 6.72. The Balaban J connectivity index is 1.84. The fraction of sp³-hybridized carbons (Fsp3) is 0.312. The minimum atomic E-state index is -0.547. The Morgan fingerprint density at radius 3 is 3.00 bits per heavy atom. The Morgan fingerprint density at radius 2 is 2.17 bits per heavy atom. The number of aliphatic hydroxyl groups excluding tert-OH is 1. The molecule has 1 atom stereocenters. The molecule has 23 heavy (non-hydrogen) atoms. The smallest absolute Gasteiger partial charge is 0.228 e. The molecule has 0 saturated heterocycles. The van der Waals surface area contributed by atoms with Gasteiger partial charge in [0.15, 0.2) is 0 Å². The molecular formula is C16H19N5O2. The van der Waals surface area contributed by atoms with Gasteiger partial charge < -0.3 is 15.7 Å². The van der Waals surface area contributed by atoms with Gasteiger partial charge >= 0.3 is 0 Å². The number of nitrogens with zero attached hydrogens (tertiary/aromatic N) is 2. The van der Waals surface area contributed by atoms with Crippen LogP contribution in [0.1, 0.15) is 12.5 Å². The maximum Gasteiger partial charge on any atom is 0.228 e. The molecule has 0 radical (unpaired) electrons. The van der Waals surface area contributed by atoms with Crippen LogP contribution in [0.4, 0.5) is 11.6 Å². The van der Waals surface area contributed by atoms with Crippen molar-refractivity contribution < 1.29 is 9.90 Å².